The van der Waals surface area contributed by atoms with Crippen LogP contribution in [0.1, 0.15) is 54.1 Å². The number of nitrogens with zero attached hydrogens (tertiary/aromatic N) is 3. The molecule has 0 aliphatic carbocycles. The first-order valence-electron chi connectivity index (χ1n) is 10.9. The van der Waals surface area contributed by atoms with E-state index in [1.54, 1.807) is 0 Å². The van der Waals surface area contributed by atoms with Gasteiger partial charge in [0.25, 0.3) is 0 Å². The minimum Gasteiger partial charge on any atom is -0.508 e. The number of benzene rings is 1. The first kappa shape index (κ1) is 21.6. The van der Waals surface area contributed by atoms with Crippen LogP contribution in [0.15, 0.2) is 24.3 Å². The van der Waals surface area contributed by atoms with Crippen molar-refractivity contribution in [3.05, 3.63) is 52.2 Å². The Morgan fingerprint density at radius 2 is 1.79 bits per heavy atom. The number of nitrogen functional groups attached to an aromatic ring is 1. The smallest absolute Gasteiger partial charge is 0.126 e. The second-order valence-electron chi connectivity index (χ2n) is 8.45. The summed E-state index contributed by atoms with van der Waals surface area (Å²) in [5, 5.41) is 10.6. The van der Waals surface area contributed by atoms with Gasteiger partial charge in [-0.3, -0.25) is 4.90 Å². The number of unbranched alkanes of at least 4 members (excludes halogenated alkanes) is 2. The highest BCUT2D eigenvalue weighted by Gasteiger charge is 2.15. The van der Waals surface area contributed by atoms with Gasteiger partial charge in [0.05, 0.1) is 0 Å². The summed E-state index contributed by atoms with van der Waals surface area (Å²) in [5.74, 6) is 1.02. The van der Waals surface area contributed by atoms with Gasteiger partial charge in [-0.1, -0.05) is 38.0 Å². The number of aromatic hydroxyl groups is 1. The van der Waals surface area contributed by atoms with E-state index >= 15 is 0 Å². The van der Waals surface area contributed by atoms with E-state index in [0.717, 1.165) is 67.9 Å². The zero-order valence-electron chi connectivity index (χ0n) is 18.2. The van der Waals surface area contributed by atoms with Crippen LogP contribution in [0.3, 0.4) is 0 Å². The van der Waals surface area contributed by atoms with Crippen molar-refractivity contribution in [2.24, 2.45) is 0 Å². The predicted octanol–water partition coefficient (Wildman–Crippen LogP) is 3.75. The van der Waals surface area contributed by atoms with E-state index in [2.05, 4.69) is 47.0 Å². The molecule has 0 unspecified atom stereocenters. The van der Waals surface area contributed by atoms with E-state index < -0.39 is 0 Å². The van der Waals surface area contributed by atoms with E-state index in [-0.39, 0.29) is 0 Å². The maximum atomic E-state index is 10.6. The average Bonchev–Trinajstić information content (AvgIpc) is 2.69. The van der Waals surface area contributed by atoms with Gasteiger partial charge in [0.2, 0.25) is 0 Å². The van der Waals surface area contributed by atoms with Crippen molar-refractivity contribution in [1.29, 1.82) is 0 Å². The fourth-order valence-electron chi connectivity index (χ4n) is 3.98. The van der Waals surface area contributed by atoms with Gasteiger partial charge in [-0.25, -0.2) is 4.98 Å². The molecule has 5 nitrogen and oxygen atoms in total. The summed E-state index contributed by atoms with van der Waals surface area (Å²) >= 11 is 0. The number of anilines is 1. The fraction of sp³-hybridized carbons (Fsp3) is 0.542. The third kappa shape index (κ3) is 5.94. The monoisotopic (exact) mass is 396 g/mol. The van der Waals surface area contributed by atoms with Crippen LogP contribution in [0.4, 0.5) is 5.82 Å². The summed E-state index contributed by atoms with van der Waals surface area (Å²) in [6.45, 7) is 9.47. The lowest BCUT2D eigenvalue weighted by molar-refractivity contribution is 0.148. The molecule has 0 amide bonds. The van der Waals surface area contributed by atoms with Crippen molar-refractivity contribution >= 4 is 5.82 Å². The molecule has 3 rings (SSSR count). The Labute approximate surface area is 175 Å². The standard InChI is InChI=1S/C24H36N4O/c1-4-5-6-7-21-16-22(18(2)26-24(21)25)15-20-9-8-19(14-23(20)29)17-28-12-10-27(3)11-13-28/h8-9,14,16,29H,4-7,10-13,15,17H2,1-3H3,(H2,25,26). The van der Waals surface area contributed by atoms with Gasteiger partial charge in [0.15, 0.2) is 0 Å². The number of aryl methyl sites for hydroxylation is 2. The molecule has 0 atom stereocenters. The molecule has 0 bridgehead atoms. The number of hydrogen-bond donors (Lipinski definition) is 2. The minimum absolute atomic E-state index is 0.375. The van der Waals surface area contributed by atoms with Crippen molar-refractivity contribution < 1.29 is 5.11 Å². The van der Waals surface area contributed by atoms with Gasteiger partial charge in [-0.05, 0) is 55.1 Å². The molecule has 1 aliphatic heterocycles. The summed E-state index contributed by atoms with van der Waals surface area (Å²) < 4.78 is 0. The molecule has 0 radical (unpaired) electrons. The van der Waals surface area contributed by atoms with Crippen molar-refractivity contribution in [2.45, 2.75) is 52.5 Å². The number of phenolic OH excluding ortho intramolecular Hbond substituents is 1. The van der Waals surface area contributed by atoms with Crippen LogP contribution in [-0.4, -0.2) is 53.1 Å². The topological polar surface area (TPSA) is 65.6 Å². The summed E-state index contributed by atoms with van der Waals surface area (Å²) in [6.07, 6.45) is 5.19. The second kappa shape index (κ2) is 10.1. The Kier molecular flexibility index (Phi) is 7.51. The van der Waals surface area contributed by atoms with Gasteiger partial charge in [-0.15, -0.1) is 0 Å². The van der Waals surface area contributed by atoms with Crippen molar-refractivity contribution in [3.8, 4) is 5.75 Å². The van der Waals surface area contributed by atoms with Gasteiger partial charge in [-0.2, -0.15) is 0 Å². The summed E-state index contributed by atoms with van der Waals surface area (Å²) in [7, 11) is 2.17. The molecule has 2 heterocycles. The second-order valence-corrected chi connectivity index (χ2v) is 8.45. The molecule has 1 aromatic heterocycles. The van der Waals surface area contributed by atoms with Crippen molar-refractivity contribution in [1.82, 2.24) is 14.8 Å². The van der Waals surface area contributed by atoms with Gasteiger partial charge in [0.1, 0.15) is 11.6 Å². The third-order valence-corrected chi connectivity index (χ3v) is 6.01. The first-order chi connectivity index (χ1) is 14.0. The minimum atomic E-state index is 0.375. The Balaban J connectivity index is 1.69. The Bertz CT molecular complexity index is 813. The van der Waals surface area contributed by atoms with Crippen LogP contribution in [0.2, 0.25) is 0 Å². The predicted molar refractivity (Wildman–Crippen MR) is 120 cm³/mol. The van der Waals surface area contributed by atoms with Crippen molar-refractivity contribution in [3.63, 3.8) is 0 Å². The maximum Gasteiger partial charge on any atom is 0.126 e. The average molecular weight is 397 g/mol. The number of likely N-dealkylation sites (N-methyl/N-ethyl adjacent to an activating group) is 1. The van der Waals surface area contributed by atoms with E-state index in [9.17, 15) is 5.11 Å². The van der Waals surface area contributed by atoms with E-state index in [0.29, 0.717) is 18.0 Å². The summed E-state index contributed by atoms with van der Waals surface area (Å²) in [6, 6.07) is 8.32. The lowest BCUT2D eigenvalue weighted by Crippen LogP contribution is -2.43. The van der Waals surface area contributed by atoms with Gasteiger partial charge < -0.3 is 15.7 Å². The fourth-order valence-corrected chi connectivity index (χ4v) is 3.98. The lowest BCUT2D eigenvalue weighted by Gasteiger charge is -2.32. The molecule has 158 valence electrons. The zero-order valence-corrected chi connectivity index (χ0v) is 18.2. The number of nitrogens with two attached hydrogens (primary N) is 1. The van der Waals surface area contributed by atoms with Crippen LogP contribution < -0.4 is 5.73 Å². The molecule has 1 aliphatic rings. The molecule has 1 saturated heterocycles. The number of aromatic nitrogens is 1. The first-order valence-corrected chi connectivity index (χ1v) is 10.9. The number of piperazine rings is 1. The Morgan fingerprint density at radius 3 is 2.48 bits per heavy atom. The van der Waals surface area contributed by atoms with Crippen LogP contribution in [0.5, 0.6) is 5.75 Å². The number of pyridine rings is 1. The van der Waals surface area contributed by atoms with Crippen molar-refractivity contribution in [2.75, 3.05) is 39.0 Å². The number of phenols is 1. The number of hydrogen-bond acceptors (Lipinski definition) is 5. The number of rotatable bonds is 8. The molecule has 5 heteroatoms. The molecule has 2 aromatic rings. The van der Waals surface area contributed by atoms with E-state index in [4.69, 9.17) is 5.73 Å². The highest BCUT2D eigenvalue weighted by atomic mass is 16.3. The molecule has 3 N–H and O–H groups in total. The van der Waals surface area contributed by atoms with E-state index in [1.807, 2.05) is 13.0 Å². The van der Waals surface area contributed by atoms with Crippen LogP contribution in [-0.2, 0) is 19.4 Å². The molecule has 1 aromatic carbocycles. The third-order valence-electron chi connectivity index (χ3n) is 6.01. The lowest BCUT2D eigenvalue weighted by atomic mass is 9.98. The molecule has 29 heavy (non-hydrogen) atoms. The Morgan fingerprint density at radius 1 is 1.03 bits per heavy atom. The molecule has 0 spiro atoms. The molecule has 0 saturated carbocycles. The molecule has 1 fully saturated rings. The normalized spacial score (nSPS) is 15.7. The largest absolute Gasteiger partial charge is 0.508 e. The maximum absolute atomic E-state index is 10.6. The zero-order chi connectivity index (χ0) is 20.8. The highest BCUT2D eigenvalue weighted by Crippen LogP contribution is 2.26. The van der Waals surface area contributed by atoms with E-state index in [1.165, 1.54) is 18.4 Å². The SMILES string of the molecule is CCCCCc1cc(Cc2ccc(CN3CCN(C)CC3)cc2O)c(C)nc1N. The van der Waals surface area contributed by atoms with Crippen LogP contribution in [0.25, 0.3) is 0 Å². The highest BCUT2D eigenvalue weighted by molar-refractivity contribution is 5.47. The molecular weight excluding hydrogens is 360 g/mol. The Hall–Kier alpha value is -2.11. The summed E-state index contributed by atoms with van der Waals surface area (Å²) in [4.78, 5) is 9.37. The van der Waals surface area contributed by atoms with Gasteiger partial charge in [0, 0.05) is 44.8 Å². The van der Waals surface area contributed by atoms with Crippen LogP contribution in [0, 0.1) is 6.92 Å². The van der Waals surface area contributed by atoms with Gasteiger partial charge >= 0.3 is 0 Å². The quantitative estimate of drug-likeness (QED) is 0.665. The summed E-state index contributed by atoms with van der Waals surface area (Å²) in [5.41, 5.74) is 11.5. The van der Waals surface area contributed by atoms with Crippen LogP contribution >= 0.6 is 0 Å². The molecular formula is C24H36N4O.